The molecule has 1 aliphatic carbocycles. The van der Waals surface area contributed by atoms with E-state index in [-0.39, 0.29) is 0 Å². The Balaban J connectivity index is 2.15. The first kappa shape index (κ1) is 11.1. The minimum atomic E-state index is 0.883. The summed E-state index contributed by atoms with van der Waals surface area (Å²) in [5.74, 6) is 0. The van der Waals surface area contributed by atoms with Gasteiger partial charge in [-0.25, -0.2) is 0 Å². The zero-order chi connectivity index (χ0) is 12.5. The molecule has 0 saturated heterocycles. The molecule has 1 aliphatic rings. The Labute approximate surface area is 108 Å². The zero-order valence-electron chi connectivity index (χ0n) is 10.6. The molecule has 1 heteroatoms. The van der Waals surface area contributed by atoms with Crippen LogP contribution in [0.1, 0.15) is 29.5 Å². The first-order valence-electron chi connectivity index (χ1n) is 6.39. The normalized spacial score (nSPS) is 13.5. The van der Waals surface area contributed by atoms with Gasteiger partial charge in [0.2, 0.25) is 0 Å². The maximum Gasteiger partial charge on any atom is 0.0396 e. The second kappa shape index (κ2) is 4.34. The van der Waals surface area contributed by atoms with Crippen molar-refractivity contribution in [1.29, 1.82) is 0 Å². The smallest absolute Gasteiger partial charge is 0.0396 e. The van der Waals surface area contributed by atoms with Crippen LogP contribution in [0.3, 0.4) is 0 Å². The van der Waals surface area contributed by atoms with Gasteiger partial charge >= 0.3 is 0 Å². The van der Waals surface area contributed by atoms with Gasteiger partial charge in [0.15, 0.2) is 0 Å². The van der Waals surface area contributed by atoms with Crippen molar-refractivity contribution >= 4 is 11.3 Å². The van der Waals surface area contributed by atoms with E-state index < -0.39 is 0 Å². The van der Waals surface area contributed by atoms with Crippen molar-refractivity contribution in [3.05, 3.63) is 70.8 Å². The van der Waals surface area contributed by atoms with Gasteiger partial charge in [0.05, 0.1) is 0 Å². The number of rotatable bonds is 2. The fraction of sp³-hybridized carbons (Fsp3) is 0.176. The lowest BCUT2D eigenvalue weighted by Crippen LogP contribution is -1.96. The molecule has 90 valence electrons. The van der Waals surface area contributed by atoms with E-state index in [1.54, 1.807) is 0 Å². The number of aryl methyl sites for hydroxylation is 1. The molecular formula is C17H17N. The van der Waals surface area contributed by atoms with Crippen molar-refractivity contribution in [2.24, 2.45) is 0 Å². The molecule has 0 unspecified atom stereocenters. The summed E-state index contributed by atoms with van der Waals surface area (Å²) in [5, 5.41) is 0. The molecular weight excluding hydrogens is 218 g/mol. The Morgan fingerprint density at radius 2 is 1.72 bits per heavy atom. The third-order valence-electron chi connectivity index (χ3n) is 3.39. The van der Waals surface area contributed by atoms with Gasteiger partial charge in [0, 0.05) is 11.3 Å². The van der Waals surface area contributed by atoms with E-state index in [4.69, 9.17) is 5.73 Å². The molecule has 3 rings (SSSR count). The third kappa shape index (κ3) is 2.04. The second-order valence-electron chi connectivity index (χ2n) is 4.94. The number of benzene rings is 2. The van der Waals surface area contributed by atoms with Crippen LogP contribution in [0.25, 0.3) is 5.57 Å². The van der Waals surface area contributed by atoms with E-state index in [0.29, 0.717) is 0 Å². The quantitative estimate of drug-likeness (QED) is 0.777. The van der Waals surface area contributed by atoms with Crippen LogP contribution >= 0.6 is 0 Å². The van der Waals surface area contributed by atoms with Crippen molar-refractivity contribution in [1.82, 2.24) is 0 Å². The van der Waals surface area contributed by atoms with Crippen LogP contribution in [-0.4, -0.2) is 0 Å². The maximum atomic E-state index is 6.19. The maximum absolute atomic E-state index is 6.19. The van der Waals surface area contributed by atoms with Gasteiger partial charge in [-0.05, 0) is 42.5 Å². The largest absolute Gasteiger partial charge is 0.398 e. The van der Waals surface area contributed by atoms with E-state index >= 15 is 0 Å². The summed E-state index contributed by atoms with van der Waals surface area (Å²) in [6, 6.07) is 16.9. The standard InChI is InChI=1S/C17H17N/c1-12-7-10-15(16(18)11-12)17(14-8-9-14)13-5-3-2-4-6-13/h2-7,10-11H,8-9,18H2,1H3. The number of hydrogen-bond acceptors (Lipinski definition) is 1. The average molecular weight is 235 g/mol. The van der Waals surface area contributed by atoms with Gasteiger partial charge in [-0.1, -0.05) is 48.0 Å². The molecule has 2 aromatic carbocycles. The van der Waals surface area contributed by atoms with Gasteiger partial charge in [0.1, 0.15) is 0 Å². The summed E-state index contributed by atoms with van der Waals surface area (Å²) in [5.41, 5.74) is 13.6. The van der Waals surface area contributed by atoms with Gasteiger partial charge in [-0.2, -0.15) is 0 Å². The molecule has 0 bridgehead atoms. The summed E-state index contributed by atoms with van der Waals surface area (Å²) >= 11 is 0. The topological polar surface area (TPSA) is 26.0 Å². The molecule has 0 radical (unpaired) electrons. The molecule has 1 nitrogen and oxygen atoms in total. The highest BCUT2D eigenvalue weighted by Crippen LogP contribution is 2.41. The Hall–Kier alpha value is -2.02. The minimum Gasteiger partial charge on any atom is -0.398 e. The summed E-state index contributed by atoms with van der Waals surface area (Å²) in [6.45, 7) is 2.08. The summed E-state index contributed by atoms with van der Waals surface area (Å²) < 4.78 is 0. The molecule has 0 atom stereocenters. The van der Waals surface area contributed by atoms with Gasteiger partial charge < -0.3 is 5.73 Å². The Morgan fingerprint density at radius 3 is 2.33 bits per heavy atom. The van der Waals surface area contributed by atoms with Gasteiger partial charge in [0.25, 0.3) is 0 Å². The zero-order valence-corrected chi connectivity index (χ0v) is 10.6. The monoisotopic (exact) mass is 235 g/mol. The molecule has 2 aromatic rings. The Bertz CT molecular complexity index is 603. The van der Waals surface area contributed by atoms with Gasteiger partial charge in [-0.3, -0.25) is 0 Å². The lowest BCUT2D eigenvalue weighted by molar-refractivity contribution is 1.44. The number of hydrogen-bond donors (Lipinski definition) is 1. The summed E-state index contributed by atoms with van der Waals surface area (Å²) in [7, 11) is 0. The molecule has 0 aliphatic heterocycles. The SMILES string of the molecule is Cc1ccc(C(=C2CC2)c2ccccc2)c(N)c1. The average Bonchev–Trinajstić information content (AvgIpc) is 3.18. The van der Waals surface area contributed by atoms with Crippen LogP contribution in [0.15, 0.2) is 54.1 Å². The Morgan fingerprint density at radius 1 is 1.00 bits per heavy atom. The van der Waals surface area contributed by atoms with E-state index in [9.17, 15) is 0 Å². The third-order valence-corrected chi connectivity index (χ3v) is 3.39. The first-order valence-corrected chi connectivity index (χ1v) is 6.39. The fourth-order valence-corrected chi connectivity index (χ4v) is 2.38. The van der Waals surface area contributed by atoms with E-state index in [1.807, 2.05) is 0 Å². The van der Waals surface area contributed by atoms with Crippen molar-refractivity contribution in [2.45, 2.75) is 19.8 Å². The van der Waals surface area contributed by atoms with E-state index in [1.165, 1.54) is 40.7 Å². The first-order chi connectivity index (χ1) is 8.75. The minimum absolute atomic E-state index is 0.883. The van der Waals surface area contributed by atoms with Crippen molar-refractivity contribution in [3.8, 4) is 0 Å². The van der Waals surface area contributed by atoms with Crippen molar-refractivity contribution in [2.75, 3.05) is 5.73 Å². The second-order valence-corrected chi connectivity index (χ2v) is 4.94. The van der Waals surface area contributed by atoms with Crippen LogP contribution in [0.4, 0.5) is 5.69 Å². The highest BCUT2D eigenvalue weighted by atomic mass is 14.6. The van der Waals surface area contributed by atoms with Crippen molar-refractivity contribution < 1.29 is 0 Å². The lowest BCUT2D eigenvalue weighted by atomic mass is 9.95. The fourth-order valence-electron chi connectivity index (χ4n) is 2.38. The summed E-state index contributed by atoms with van der Waals surface area (Å²) in [4.78, 5) is 0. The number of anilines is 1. The molecule has 0 amide bonds. The van der Waals surface area contributed by atoms with Gasteiger partial charge in [-0.15, -0.1) is 0 Å². The molecule has 2 N–H and O–H groups in total. The molecule has 0 heterocycles. The molecule has 18 heavy (non-hydrogen) atoms. The predicted octanol–water partition coefficient (Wildman–Crippen LogP) is 4.17. The highest BCUT2D eigenvalue weighted by molar-refractivity contribution is 5.88. The van der Waals surface area contributed by atoms with Crippen LogP contribution in [-0.2, 0) is 0 Å². The molecule has 0 aromatic heterocycles. The van der Waals surface area contributed by atoms with Crippen LogP contribution in [0, 0.1) is 6.92 Å². The molecule has 0 spiro atoms. The number of nitrogens with two attached hydrogens (primary N) is 1. The van der Waals surface area contributed by atoms with Crippen LogP contribution in [0.5, 0.6) is 0 Å². The molecule has 1 saturated carbocycles. The van der Waals surface area contributed by atoms with E-state index in [0.717, 1.165) is 5.69 Å². The van der Waals surface area contributed by atoms with Crippen LogP contribution in [0.2, 0.25) is 0 Å². The number of allylic oxidation sites excluding steroid dienone is 1. The highest BCUT2D eigenvalue weighted by Gasteiger charge is 2.21. The molecule has 1 fully saturated rings. The number of nitrogen functional groups attached to an aromatic ring is 1. The summed E-state index contributed by atoms with van der Waals surface area (Å²) in [6.07, 6.45) is 2.41. The predicted molar refractivity (Wildman–Crippen MR) is 77.3 cm³/mol. The lowest BCUT2D eigenvalue weighted by Gasteiger charge is -2.12. The van der Waals surface area contributed by atoms with E-state index in [2.05, 4.69) is 55.5 Å². The van der Waals surface area contributed by atoms with Crippen LogP contribution < -0.4 is 5.73 Å². The Kier molecular flexibility index (Phi) is 2.67. The van der Waals surface area contributed by atoms with Crippen molar-refractivity contribution in [3.63, 3.8) is 0 Å².